The van der Waals surface area contributed by atoms with Crippen LogP contribution >= 0.6 is 0 Å². The molecule has 4 rings (SSSR count). The Balaban J connectivity index is 1.70. The first-order chi connectivity index (χ1) is 13.4. The van der Waals surface area contributed by atoms with Gasteiger partial charge in [0.15, 0.2) is 0 Å². The van der Waals surface area contributed by atoms with Gasteiger partial charge in [0.25, 0.3) is 0 Å². The summed E-state index contributed by atoms with van der Waals surface area (Å²) in [7, 11) is -3.84. The van der Waals surface area contributed by atoms with Crippen molar-refractivity contribution in [3.63, 3.8) is 0 Å². The number of hydrogen-bond acceptors (Lipinski definition) is 4. The Morgan fingerprint density at radius 2 is 1.96 bits per heavy atom. The number of fused-ring (bicyclic) bond motifs is 1. The second kappa shape index (κ2) is 7.18. The molecule has 2 aliphatic rings. The topological polar surface area (TPSA) is 66.9 Å². The number of carbonyl (C=O) groups is 1. The third-order valence-corrected chi connectivity index (χ3v) is 7.15. The Morgan fingerprint density at radius 1 is 1.18 bits per heavy atom. The second-order valence-corrected chi connectivity index (χ2v) is 8.83. The van der Waals surface area contributed by atoms with E-state index in [2.05, 4.69) is 0 Å². The van der Waals surface area contributed by atoms with Gasteiger partial charge in [0.1, 0.15) is 18.2 Å². The molecule has 6 nitrogen and oxygen atoms in total. The number of sulfonamides is 1. The highest BCUT2D eigenvalue weighted by Crippen LogP contribution is 2.40. The number of hydrogen-bond donors (Lipinski definition) is 0. The number of carbonyl (C=O) groups excluding carboxylic acids is 1. The van der Waals surface area contributed by atoms with Crippen LogP contribution in [0, 0.1) is 5.82 Å². The summed E-state index contributed by atoms with van der Waals surface area (Å²) in [6.45, 7) is 2.52. The van der Waals surface area contributed by atoms with Crippen LogP contribution < -0.4 is 9.64 Å². The fraction of sp³-hybridized carbons (Fsp3) is 0.350. The molecule has 1 saturated heterocycles. The van der Waals surface area contributed by atoms with Gasteiger partial charge < -0.3 is 9.64 Å². The van der Waals surface area contributed by atoms with Crippen molar-refractivity contribution in [2.24, 2.45) is 0 Å². The third-order valence-electron chi connectivity index (χ3n) is 5.25. The smallest absolute Gasteiger partial charge is 0.243 e. The Kier molecular flexibility index (Phi) is 4.84. The maximum atomic E-state index is 14.3. The molecule has 8 heteroatoms. The molecule has 2 heterocycles. The zero-order chi connectivity index (χ0) is 19.9. The van der Waals surface area contributed by atoms with E-state index in [-0.39, 0.29) is 10.8 Å². The van der Waals surface area contributed by atoms with E-state index in [0.29, 0.717) is 49.5 Å². The summed E-state index contributed by atoms with van der Waals surface area (Å²) in [6, 6.07) is 10.3. The van der Waals surface area contributed by atoms with Crippen LogP contribution in [-0.4, -0.2) is 38.3 Å². The van der Waals surface area contributed by atoms with Gasteiger partial charge in [0, 0.05) is 25.1 Å². The second-order valence-electron chi connectivity index (χ2n) is 6.94. The molecule has 1 amide bonds. The fourth-order valence-corrected chi connectivity index (χ4v) is 5.60. The van der Waals surface area contributed by atoms with E-state index in [9.17, 15) is 17.6 Å². The molecule has 0 saturated carbocycles. The van der Waals surface area contributed by atoms with Crippen LogP contribution in [0.15, 0.2) is 47.4 Å². The molecule has 0 unspecified atom stereocenters. The van der Waals surface area contributed by atoms with Gasteiger partial charge >= 0.3 is 0 Å². The minimum atomic E-state index is -3.84. The quantitative estimate of drug-likeness (QED) is 0.789. The van der Waals surface area contributed by atoms with E-state index in [0.717, 1.165) is 0 Å². The van der Waals surface area contributed by atoms with Crippen LogP contribution in [0.2, 0.25) is 0 Å². The van der Waals surface area contributed by atoms with Crippen LogP contribution in [0.4, 0.5) is 10.1 Å². The number of anilines is 1. The van der Waals surface area contributed by atoms with Crippen molar-refractivity contribution in [3.8, 4) is 5.75 Å². The number of rotatable bonds is 3. The molecule has 0 aromatic heterocycles. The summed E-state index contributed by atoms with van der Waals surface area (Å²) in [5, 5.41) is 0. The molecule has 1 atom stereocenters. The van der Waals surface area contributed by atoms with Crippen molar-refractivity contribution in [2.75, 3.05) is 24.6 Å². The Hall–Kier alpha value is -2.45. The van der Waals surface area contributed by atoms with Gasteiger partial charge in [-0.25, -0.2) is 12.8 Å². The van der Waals surface area contributed by atoms with E-state index < -0.39 is 21.9 Å². The van der Waals surface area contributed by atoms with Crippen molar-refractivity contribution in [3.05, 3.63) is 53.8 Å². The number of ether oxygens (including phenoxy) is 1. The highest BCUT2D eigenvalue weighted by Gasteiger charge is 2.38. The molecular weight excluding hydrogens is 383 g/mol. The molecule has 2 aromatic carbocycles. The minimum Gasteiger partial charge on any atom is -0.489 e. The van der Waals surface area contributed by atoms with Crippen LogP contribution in [0.1, 0.15) is 31.4 Å². The van der Waals surface area contributed by atoms with Crippen LogP contribution in [-0.2, 0) is 14.8 Å². The number of halogens is 1. The molecule has 2 aromatic rings. The summed E-state index contributed by atoms with van der Waals surface area (Å²) in [4.78, 5) is 13.4. The summed E-state index contributed by atoms with van der Waals surface area (Å²) in [5.41, 5.74) is 0.949. The highest BCUT2D eigenvalue weighted by atomic mass is 32.2. The van der Waals surface area contributed by atoms with E-state index in [4.69, 9.17) is 4.74 Å². The Labute approximate surface area is 163 Å². The lowest BCUT2D eigenvalue weighted by atomic mass is 10.1. The van der Waals surface area contributed by atoms with E-state index >= 15 is 0 Å². The van der Waals surface area contributed by atoms with E-state index in [1.807, 2.05) is 0 Å². The van der Waals surface area contributed by atoms with E-state index in [1.165, 1.54) is 29.4 Å². The molecule has 28 heavy (non-hydrogen) atoms. The molecule has 1 fully saturated rings. The molecule has 0 bridgehead atoms. The third kappa shape index (κ3) is 3.16. The first-order valence-corrected chi connectivity index (χ1v) is 10.6. The lowest BCUT2D eigenvalue weighted by Crippen LogP contribution is -2.36. The summed E-state index contributed by atoms with van der Waals surface area (Å²) in [6.07, 6.45) is 1.23. The van der Waals surface area contributed by atoms with Gasteiger partial charge in [-0.2, -0.15) is 4.31 Å². The normalized spacial score (nSPS) is 19.9. The predicted octanol–water partition coefficient (Wildman–Crippen LogP) is 3.10. The molecule has 0 spiro atoms. The van der Waals surface area contributed by atoms with Gasteiger partial charge in [-0.05, 0) is 31.0 Å². The van der Waals surface area contributed by atoms with Crippen molar-refractivity contribution in [1.29, 1.82) is 0 Å². The number of benzene rings is 2. The van der Waals surface area contributed by atoms with Crippen molar-refractivity contribution >= 4 is 21.6 Å². The maximum Gasteiger partial charge on any atom is 0.243 e. The summed E-state index contributed by atoms with van der Waals surface area (Å²) >= 11 is 0. The van der Waals surface area contributed by atoms with E-state index in [1.54, 1.807) is 29.2 Å². The lowest BCUT2D eigenvalue weighted by Gasteiger charge is -2.30. The van der Waals surface area contributed by atoms with Crippen LogP contribution in [0.25, 0.3) is 0 Å². The van der Waals surface area contributed by atoms with Crippen molar-refractivity contribution < 1.29 is 22.3 Å². The van der Waals surface area contributed by atoms with Crippen molar-refractivity contribution in [1.82, 2.24) is 4.31 Å². The molecule has 0 radical (unpaired) electrons. The zero-order valence-electron chi connectivity index (χ0n) is 15.5. The van der Waals surface area contributed by atoms with Crippen molar-refractivity contribution in [2.45, 2.75) is 30.7 Å². The molecule has 2 aliphatic heterocycles. The Morgan fingerprint density at radius 3 is 2.71 bits per heavy atom. The van der Waals surface area contributed by atoms with Gasteiger partial charge in [0.2, 0.25) is 15.9 Å². The Bertz CT molecular complexity index is 1020. The first-order valence-electron chi connectivity index (χ1n) is 9.21. The monoisotopic (exact) mass is 404 g/mol. The minimum absolute atomic E-state index is 0.0832. The number of nitrogens with zero attached hydrogens (tertiary/aromatic N) is 2. The zero-order valence-corrected chi connectivity index (χ0v) is 16.3. The summed E-state index contributed by atoms with van der Waals surface area (Å²) < 4.78 is 47.8. The largest absolute Gasteiger partial charge is 0.489 e. The molecule has 148 valence electrons. The number of amides is 1. The maximum absolute atomic E-state index is 14.3. The van der Waals surface area contributed by atoms with Gasteiger partial charge in [-0.15, -0.1) is 0 Å². The van der Waals surface area contributed by atoms with Crippen LogP contribution in [0.5, 0.6) is 5.75 Å². The van der Waals surface area contributed by atoms with Gasteiger partial charge in [-0.3, -0.25) is 4.79 Å². The fourth-order valence-electron chi connectivity index (χ4n) is 3.91. The highest BCUT2D eigenvalue weighted by molar-refractivity contribution is 7.89. The summed E-state index contributed by atoms with van der Waals surface area (Å²) in [5.74, 6) is -0.163. The first kappa shape index (κ1) is 18.9. The predicted molar refractivity (Wildman–Crippen MR) is 102 cm³/mol. The average Bonchev–Trinajstić information content (AvgIpc) is 3.17. The van der Waals surface area contributed by atoms with Gasteiger partial charge in [0.05, 0.1) is 23.2 Å². The SMILES string of the molecule is CC(=O)N1CCOc2cc(S(=O)(=O)N3CCC[C@H]3c3ccccc3F)ccc21. The van der Waals surface area contributed by atoms with Crippen LogP contribution in [0.3, 0.4) is 0 Å². The standard InChI is InChI=1S/C20H21FN2O4S/c1-14(24)22-11-12-27-20-13-15(8-9-19(20)22)28(25,26)23-10-4-7-18(23)16-5-2-3-6-17(16)21/h2-3,5-6,8-9,13,18H,4,7,10-12H2,1H3/t18-/m0/s1. The molecule has 0 aliphatic carbocycles. The molecule has 0 N–H and O–H groups in total. The molecular formula is C20H21FN2O4S. The average molecular weight is 404 g/mol. The lowest BCUT2D eigenvalue weighted by molar-refractivity contribution is -0.116. The van der Waals surface area contributed by atoms with Gasteiger partial charge in [-0.1, -0.05) is 18.2 Å².